The number of aromatic amines is 1. The van der Waals surface area contributed by atoms with Crippen LogP contribution in [0.15, 0.2) is 71.2 Å². The number of halogens is 1. The molecular weight excluding hydrogens is 357 g/mol. The normalized spacial score (nSPS) is 20.8. The topological polar surface area (TPSA) is 66.9 Å². The molecule has 2 atom stereocenters. The summed E-state index contributed by atoms with van der Waals surface area (Å²) < 4.78 is 15.0. The van der Waals surface area contributed by atoms with E-state index in [0.29, 0.717) is 29.9 Å². The molecule has 3 aromatic rings. The third-order valence-corrected chi connectivity index (χ3v) is 5.52. The fourth-order valence-corrected chi connectivity index (χ4v) is 4.25. The van der Waals surface area contributed by atoms with Crippen molar-refractivity contribution >= 4 is 11.6 Å². The average molecular weight is 375 g/mol. The number of allylic oxidation sites excluding steroid dienone is 2. The molecule has 0 radical (unpaired) electrons. The average Bonchev–Trinajstić information content (AvgIpc) is 3.04. The zero-order valence-electron chi connectivity index (χ0n) is 15.0. The number of nitrogens with one attached hydrogen (secondary N) is 2. The zero-order valence-corrected chi connectivity index (χ0v) is 15.0. The van der Waals surface area contributed by atoms with Crippen molar-refractivity contribution in [1.82, 2.24) is 9.78 Å². The van der Waals surface area contributed by atoms with E-state index in [1.54, 1.807) is 12.1 Å². The standard InChI is InChI=1S/C22H18FN3O2/c23-14-11-9-13(10-12-14)18-19-16(7-4-8-17(19)27)24-21-20(18)22(28)26(25-21)15-5-2-1-3-6-15/h1-3,5-7,9-12,18-19,24-25H,4,8H2. The summed E-state index contributed by atoms with van der Waals surface area (Å²) >= 11 is 0. The second-order valence-electron chi connectivity index (χ2n) is 7.17. The van der Waals surface area contributed by atoms with Gasteiger partial charge in [0.05, 0.1) is 17.2 Å². The highest BCUT2D eigenvalue weighted by Crippen LogP contribution is 2.44. The first kappa shape index (κ1) is 16.7. The smallest absolute Gasteiger partial charge is 0.277 e. The molecule has 5 nitrogen and oxygen atoms in total. The number of nitrogens with zero attached hydrogens (tertiary/aromatic N) is 1. The number of anilines is 1. The summed E-state index contributed by atoms with van der Waals surface area (Å²) in [4.78, 5) is 26.1. The highest BCUT2D eigenvalue weighted by atomic mass is 19.1. The summed E-state index contributed by atoms with van der Waals surface area (Å²) in [5.41, 5.74) is 2.57. The maximum atomic E-state index is 13.5. The first-order valence-electron chi connectivity index (χ1n) is 9.29. The van der Waals surface area contributed by atoms with Crippen molar-refractivity contribution in [3.05, 3.63) is 93.7 Å². The first-order valence-corrected chi connectivity index (χ1v) is 9.29. The Morgan fingerprint density at radius 3 is 2.46 bits per heavy atom. The van der Waals surface area contributed by atoms with Crippen molar-refractivity contribution in [2.24, 2.45) is 5.92 Å². The number of benzene rings is 2. The largest absolute Gasteiger partial charge is 0.343 e. The van der Waals surface area contributed by atoms with Crippen LogP contribution in [0.1, 0.15) is 29.9 Å². The summed E-state index contributed by atoms with van der Waals surface area (Å²) in [6.07, 6.45) is 3.14. The molecule has 1 aliphatic heterocycles. The van der Waals surface area contributed by atoms with Crippen LogP contribution in [-0.2, 0) is 4.79 Å². The summed E-state index contributed by atoms with van der Waals surface area (Å²) in [5.74, 6) is -0.583. The van der Waals surface area contributed by atoms with E-state index in [0.717, 1.165) is 11.3 Å². The Balaban J connectivity index is 1.75. The predicted octanol–water partition coefficient (Wildman–Crippen LogP) is 3.73. The van der Waals surface area contributed by atoms with Crippen LogP contribution in [0.3, 0.4) is 0 Å². The lowest BCUT2D eigenvalue weighted by Crippen LogP contribution is -2.36. The van der Waals surface area contributed by atoms with E-state index in [9.17, 15) is 14.0 Å². The minimum Gasteiger partial charge on any atom is -0.343 e. The van der Waals surface area contributed by atoms with E-state index in [2.05, 4.69) is 10.4 Å². The molecule has 0 spiro atoms. The van der Waals surface area contributed by atoms with Gasteiger partial charge in [-0.05, 0) is 36.2 Å². The van der Waals surface area contributed by atoms with Crippen molar-refractivity contribution in [2.75, 3.05) is 5.32 Å². The Morgan fingerprint density at radius 1 is 0.964 bits per heavy atom. The number of H-pyrrole nitrogens is 1. The van der Waals surface area contributed by atoms with Gasteiger partial charge >= 0.3 is 0 Å². The van der Waals surface area contributed by atoms with Crippen molar-refractivity contribution in [3.63, 3.8) is 0 Å². The maximum Gasteiger partial charge on any atom is 0.277 e. The number of ketones is 1. The van der Waals surface area contributed by atoms with Gasteiger partial charge in [-0.2, -0.15) is 0 Å². The molecule has 6 heteroatoms. The number of carbonyl (C=O) groups excluding carboxylic acids is 1. The van der Waals surface area contributed by atoms with E-state index in [1.807, 2.05) is 36.4 Å². The van der Waals surface area contributed by atoms with E-state index < -0.39 is 11.8 Å². The van der Waals surface area contributed by atoms with Gasteiger partial charge < -0.3 is 5.32 Å². The van der Waals surface area contributed by atoms with Gasteiger partial charge in [0.1, 0.15) is 17.4 Å². The zero-order chi connectivity index (χ0) is 19.3. The Kier molecular flexibility index (Phi) is 3.79. The van der Waals surface area contributed by atoms with Gasteiger partial charge in [0, 0.05) is 18.0 Å². The molecule has 0 saturated heterocycles. The molecule has 2 heterocycles. The summed E-state index contributed by atoms with van der Waals surface area (Å²) in [7, 11) is 0. The lowest BCUT2D eigenvalue weighted by molar-refractivity contribution is -0.122. The molecule has 5 rings (SSSR count). The monoisotopic (exact) mass is 375 g/mol. The second-order valence-corrected chi connectivity index (χ2v) is 7.17. The summed E-state index contributed by atoms with van der Waals surface area (Å²) in [6.45, 7) is 0. The van der Waals surface area contributed by atoms with Crippen LogP contribution in [0.4, 0.5) is 10.2 Å². The first-order chi connectivity index (χ1) is 13.6. The molecule has 0 bridgehead atoms. The molecule has 2 N–H and O–H groups in total. The van der Waals surface area contributed by atoms with Gasteiger partial charge in [-0.25, -0.2) is 9.07 Å². The van der Waals surface area contributed by atoms with E-state index in [1.165, 1.54) is 16.8 Å². The molecule has 2 unspecified atom stereocenters. The van der Waals surface area contributed by atoms with Gasteiger partial charge in [0.25, 0.3) is 5.56 Å². The van der Waals surface area contributed by atoms with Crippen molar-refractivity contribution in [3.8, 4) is 5.69 Å². The predicted molar refractivity (Wildman–Crippen MR) is 104 cm³/mol. The Bertz CT molecular complexity index is 1140. The van der Waals surface area contributed by atoms with Crippen LogP contribution in [0.5, 0.6) is 0 Å². The number of rotatable bonds is 2. The Labute approximate surface area is 160 Å². The molecule has 0 saturated carbocycles. The van der Waals surface area contributed by atoms with Gasteiger partial charge in [-0.3, -0.25) is 14.7 Å². The van der Waals surface area contributed by atoms with E-state index in [4.69, 9.17) is 0 Å². The molecule has 2 aromatic carbocycles. The molecule has 2 aliphatic rings. The molecule has 1 aliphatic carbocycles. The van der Waals surface area contributed by atoms with Crippen LogP contribution in [-0.4, -0.2) is 15.6 Å². The van der Waals surface area contributed by atoms with Gasteiger partial charge in [-0.15, -0.1) is 0 Å². The second kappa shape index (κ2) is 6.34. The van der Waals surface area contributed by atoms with Crippen LogP contribution >= 0.6 is 0 Å². The molecule has 1 aromatic heterocycles. The maximum absolute atomic E-state index is 13.5. The number of hydrogen-bond acceptors (Lipinski definition) is 3. The Morgan fingerprint density at radius 2 is 1.71 bits per heavy atom. The number of carbonyl (C=O) groups is 1. The summed E-state index contributed by atoms with van der Waals surface area (Å²) in [5, 5.41) is 6.41. The van der Waals surface area contributed by atoms with Crippen molar-refractivity contribution < 1.29 is 9.18 Å². The molecule has 140 valence electrons. The SMILES string of the molecule is O=C1CCC=C2Nc3[nH]n(-c4ccccc4)c(=O)c3C(c3ccc(F)cc3)C12. The number of Topliss-reactive ketones (excluding diaryl/α,β-unsaturated/α-hetero) is 1. The van der Waals surface area contributed by atoms with Crippen molar-refractivity contribution in [1.29, 1.82) is 0 Å². The minimum absolute atomic E-state index is 0.0943. The number of aromatic nitrogens is 2. The van der Waals surface area contributed by atoms with Crippen molar-refractivity contribution in [2.45, 2.75) is 18.8 Å². The third kappa shape index (κ3) is 2.52. The van der Waals surface area contributed by atoms with Crippen LogP contribution in [0.2, 0.25) is 0 Å². The molecular formula is C22H18FN3O2. The van der Waals surface area contributed by atoms with E-state index >= 15 is 0 Å². The minimum atomic E-state index is -0.459. The van der Waals surface area contributed by atoms with Crippen LogP contribution in [0, 0.1) is 11.7 Å². The highest BCUT2D eigenvalue weighted by molar-refractivity contribution is 5.89. The fourth-order valence-electron chi connectivity index (χ4n) is 4.25. The van der Waals surface area contributed by atoms with Gasteiger partial charge in [0.15, 0.2) is 0 Å². The number of para-hydroxylation sites is 1. The Hall–Kier alpha value is -3.41. The van der Waals surface area contributed by atoms with Crippen LogP contribution < -0.4 is 10.9 Å². The van der Waals surface area contributed by atoms with Crippen LogP contribution in [0.25, 0.3) is 5.69 Å². The van der Waals surface area contributed by atoms with Gasteiger partial charge in [0.2, 0.25) is 0 Å². The molecule has 0 amide bonds. The van der Waals surface area contributed by atoms with E-state index in [-0.39, 0.29) is 17.2 Å². The number of hydrogen-bond donors (Lipinski definition) is 2. The lowest BCUT2D eigenvalue weighted by Gasteiger charge is -2.35. The van der Waals surface area contributed by atoms with Gasteiger partial charge in [-0.1, -0.05) is 36.4 Å². The summed E-state index contributed by atoms with van der Waals surface area (Å²) in [6, 6.07) is 15.3. The highest BCUT2D eigenvalue weighted by Gasteiger charge is 2.42. The fraction of sp³-hybridized carbons (Fsp3) is 0.182. The molecule has 28 heavy (non-hydrogen) atoms. The molecule has 0 fully saturated rings. The lowest BCUT2D eigenvalue weighted by atomic mass is 9.72. The number of fused-ring (bicyclic) bond motifs is 2. The quantitative estimate of drug-likeness (QED) is 0.717. The third-order valence-electron chi connectivity index (χ3n) is 5.52.